The van der Waals surface area contributed by atoms with Crippen LogP contribution in [-0.2, 0) is 4.79 Å². The molecule has 25 heavy (non-hydrogen) atoms. The van der Waals surface area contributed by atoms with Gasteiger partial charge in [0.2, 0.25) is 5.91 Å². The molecule has 0 saturated carbocycles. The molecule has 1 amide bonds. The Morgan fingerprint density at radius 2 is 1.84 bits per heavy atom. The number of para-hydroxylation sites is 2. The number of methoxy groups -OCH3 is 1. The molecule has 0 atom stereocenters. The van der Waals surface area contributed by atoms with Crippen molar-refractivity contribution in [1.29, 1.82) is 0 Å². The molecule has 0 aliphatic carbocycles. The lowest BCUT2D eigenvalue weighted by Gasteiger charge is -2.10. The molecule has 1 N–H and O–H groups in total. The molecule has 0 radical (unpaired) electrons. The molecule has 0 fully saturated rings. The number of hydrogen-bond acceptors (Lipinski definition) is 4. The molecule has 6 heteroatoms. The van der Waals surface area contributed by atoms with Gasteiger partial charge in [-0.05, 0) is 42.5 Å². The molecular weight excluding hydrogens is 318 g/mol. The van der Waals surface area contributed by atoms with E-state index in [1.807, 2.05) is 60.8 Å². The Kier molecular flexibility index (Phi) is 5.31. The number of anilines is 1. The van der Waals surface area contributed by atoms with Crippen molar-refractivity contribution in [3.63, 3.8) is 0 Å². The third-order valence-corrected chi connectivity index (χ3v) is 3.58. The molecule has 2 aromatic carbocycles. The molecule has 1 heterocycles. The van der Waals surface area contributed by atoms with E-state index in [1.54, 1.807) is 18.0 Å². The van der Waals surface area contributed by atoms with Crippen LogP contribution < -0.4 is 14.8 Å². The summed E-state index contributed by atoms with van der Waals surface area (Å²) in [6.07, 6.45) is 3.83. The summed E-state index contributed by atoms with van der Waals surface area (Å²) in [5, 5.41) is 7.01. The third-order valence-electron chi connectivity index (χ3n) is 3.58. The average molecular weight is 337 g/mol. The fourth-order valence-electron chi connectivity index (χ4n) is 2.33. The van der Waals surface area contributed by atoms with E-state index in [2.05, 4.69) is 10.4 Å². The lowest BCUT2D eigenvalue weighted by Crippen LogP contribution is -2.15. The normalized spacial score (nSPS) is 10.3. The highest BCUT2D eigenvalue weighted by Crippen LogP contribution is 2.25. The number of rotatable bonds is 7. The number of nitrogens with one attached hydrogen (secondary N) is 1. The molecule has 0 aliphatic heterocycles. The van der Waals surface area contributed by atoms with Crippen molar-refractivity contribution in [1.82, 2.24) is 9.78 Å². The van der Waals surface area contributed by atoms with Crippen LogP contribution in [0.15, 0.2) is 67.0 Å². The fraction of sp³-hybridized carbons (Fsp3) is 0.158. The van der Waals surface area contributed by atoms with Crippen molar-refractivity contribution in [3.05, 3.63) is 67.0 Å². The minimum Gasteiger partial charge on any atom is -0.493 e. The second kappa shape index (κ2) is 8.01. The lowest BCUT2D eigenvalue weighted by atomic mass is 10.2. The number of carbonyl (C=O) groups is 1. The summed E-state index contributed by atoms with van der Waals surface area (Å²) in [6, 6.07) is 16.7. The summed E-state index contributed by atoms with van der Waals surface area (Å²) >= 11 is 0. The fourth-order valence-corrected chi connectivity index (χ4v) is 2.33. The van der Waals surface area contributed by atoms with Gasteiger partial charge in [-0.1, -0.05) is 12.1 Å². The van der Waals surface area contributed by atoms with Crippen molar-refractivity contribution in [2.24, 2.45) is 0 Å². The highest BCUT2D eigenvalue weighted by atomic mass is 16.5. The van der Waals surface area contributed by atoms with Gasteiger partial charge in [-0.2, -0.15) is 5.10 Å². The van der Waals surface area contributed by atoms with Gasteiger partial charge in [0.15, 0.2) is 11.5 Å². The van der Waals surface area contributed by atoms with Crippen molar-refractivity contribution in [2.45, 2.75) is 6.42 Å². The molecular formula is C19H19N3O3. The van der Waals surface area contributed by atoms with Crippen LogP contribution in [0, 0.1) is 0 Å². The lowest BCUT2D eigenvalue weighted by molar-refractivity contribution is -0.116. The molecule has 0 saturated heterocycles. The molecule has 0 aliphatic rings. The van der Waals surface area contributed by atoms with Crippen LogP contribution in [0.1, 0.15) is 6.42 Å². The summed E-state index contributed by atoms with van der Waals surface area (Å²) in [4.78, 5) is 12.0. The smallest absolute Gasteiger partial charge is 0.227 e. The average Bonchev–Trinajstić information content (AvgIpc) is 3.17. The van der Waals surface area contributed by atoms with Gasteiger partial charge in [-0.3, -0.25) is 4.79 Å². The SMILES string of the molecule is COc1ccccc1OCCC(=O)Nc1ccc(-n2cccn2)cc1. The van der Waals surface area contributed by atoms with Gasteiger partial charge >= 0.3 is 0 Å². The van der Waals surface area contributed by atoms with Crippen LogP contribution in [0.5, 0.6) is 11.5 Å². The van der Waals surface area contributed by atoms with Crippen molar-refractivity contribution >= 4 is 11.6 Å². The van der Waals surface area contributed by atoms with Crippen LogP contribution in [-0.4, -0.2) is 29.4 Å². The van der Waals surface area contributed by atoms with E-state index in [9.17, 15) is 4.79 Å². The maximum atomic E-state index is 12.0. The first-order valence-corrected chi connectivity index (χ1v) is 7.92. The second-order valence-corrected chi connectivity index (χ2v) is 5.30. The predicted molar refractivity (Wildman–Crippen MR) is 95.3 cm³/mol. The van der Waals surface area contributed by atoms with Gasteiger partial charge in [-0.25, -0.2) is 4.68 Å². The zero-order chi connectivity index (χ0) is 17.5. The Hall–Kier alpha value is -3.28. The van der Waals surface area contributed by atoms with Crippen molar-refractivity contribution in [2.75, 3.05) is 19.0 Å². The number of amides is 1. The van der Waals surface area contributed by atoms with E-state index in [0.29, 0.717) is 11.5 Å². The minimum absolute atomic E-state index is 0.110. The Morgan fingerprint density at radius 3 is 2.52 bits per heavy atom. The number of benzene rings is 2. The topological polar surface area (TPSA) is 65.4 Å². The van der Waals surface area contributed by atoms with Crippen LogP contribution in [0.2, 0.25) is 0 Å². The predicted octanol–water partition coefficient (Wildman–Crippen LogP) is 3.29. The van der Waals surface area contributed by atoms with E-state index in [4.69, 9.17) is 9.47 Å². The summed E-state index contributed by atoms with van der Waals surface area (Å²) in [7, 11) is 1.59. The van der Waals surface area contributed by atoms with Gasteiger partial charge in [0, 0.05) is 18.1 Å². The van der Waals surface area contributed by atoms with Crippen molar-refractivity contribution in [3.8, 4) is 17.2 Å². The highest BCUT2D eigenvalue weighted by Gasteiger charge is 2.06. The van der Waals surface area contributed by atoms with E-state index in [0.717, 1.165) is 11.4 Å². The first-order valence-electron chi connectivity index (χ1n) is 7.92. The van der Waals surface area contributed by atoms with Crippen LogP contribution >= 0.6 is 0 Å². The second-order valence-electron chi connectivity index (χ2n) is 5.30. The zero-order valence-electron chi connectivity index (χ0n) is 13.9. The van der Waals surface area contributed by atoms with E-state index in [1.165, 1.54) is 0 Å². The van der Waals surface area contributed by atoms with E-state index >= 15 is 0 Å². The standard InChI is InChI=1S/C19H19N3O3/c1-24-17-5-2-3-6-18(17)25-14-11-19(23)21-15-7-9-16(10-8-15)22-13-4-12-20-22/h2-10,12-13H,11,14H2,1H3,(H,21,23). The molecule has 128 valence electrons. The highest BCUT2D eigenvalue weighted by molar-refractivity contribution is 5.90. The Bertz CT molecular complexity index is 814. The van der Waals surface area contributed by atoms with Crippen LogP contribution in [0.25, 0.3) is 5.69 Å². The molecule has 0 bridgehead atoms. The molecule has 3 rings (SSSR count). The van der Waals surface area contributed by atoms with Gasteiger partial charge in [0.05, 0.1) is 25.8 Å². The molecule has 0 unspecified atom stereocenters. The molecule has 6 nitrogen and oxygen atoms in total. The van der Waals surface area contributed by atoms with Gasteiger partial charge < -0.3 is 14.8 Å². The van der Waals surface area contributed by atoms with Crippen molar-refractivity contribution < 1.29 is 14.3 Å². The monoisotopic (exact) mass is 337 g/mol. The maximum absolute atomic E-state index is 12.0. The van der Waals surface area contributed by atoms with Gasteiger partial charge in [0.25, 0.3) is 0 Å². The number of carbonyl (C=O) groups excluding carboxylic acids is 1. The third kappa shape index (κ3) is 4.38. The number of ether oxygens (including phenoxy) is 2. The minimum atomic E-state index is -0.110. The quantitative estimate of drug-likeness (QED) is 0.718. The first kappa shape index (κ1) is 16.6. The number of aromatic nitrogens is 2. The van der Waals surface area contributed by atoms with Crippen LogP contribution in [0.3, 0.4) is 0 Å². The van der Waals surface area contributed by atoms with E-state index < -0.39 is 0 Å². The largest absolute Gasteiger partial charge is 0.493 e. The molecule has 3 aromatic rings. The summed E-state index contributed by atoms with van der Waals surface area (Å²) in [5.41, 5.74) is 1.67. The number of hydrogen-bond donors (Lipinski definition) is 1. The Balaban J connectivity index is 1.49. The van der Waals surface area contributed by atoms with E-state index in [-0.39, 0.29) is 18.9 Å². The first-order chi connectivity index (χ1) is 12.3. The Morgan fingerprint density at radius 1 is 1.08 bits per heavy atom. The Labute approximate surface area is 146 Å². The maximum Gasteiger partial charge on any atom is 0.227 e. The summed E-state index contributed by atoms with van der Waals surface area (Å²) in [6.45, 7) is 0.275. The summed E-state index contributed by atoms with van der Waals surface area (Å²) < 4.78 is 12.6. The van der Waals surface area contributed by atoms with Gasteiger partial charge in [-0.15, -0.1) is 0 Å². The number of nitrogens with zero attached hydrogens (tertiary/aromatic N) is 2. The van der Waals surface area contributed by atoms with Gasteiger partial charge in [0.1, 0.15) is 0 Å². The van der Waals surface area contributed by atoms with Crippen LogP contribution in [0.4, 0.5) is 5.69 Å². The molecule has 0 spiro atoms. The molecule has 1 aromatic heterocycles. The zero-order valence-corrected chi connectivity index (χ0v) is 13.9. The summed E-state index contributed by atoms with van der Waals surface area (Å²) in [5.74, 6) is 1.17.